The molecular formula is C22H25NO5. The van der Waals surface area contributed by atoms with Crippen LogP contribution in [0.1, 0.15) is 47.5 Å². The average molecular weight is 383 g/mol. The van der Waals surface area contributed by atoms with Crippen LogP contribution in [0.15, 0.2) is 48.5 Å². The number of benzene rings is 2. The van der Waals surface area contributed by atoms with Gasteiger partial charge in [-0.3, -0.25) is 9.59 Å². The molecule has 0 aromatic heterocycles. The van der Waals surface area contributed by atoms with E-state index in [0.29, 0.717) is 22.6 Å². The Kier molecular flexibility index (Phi) is 6.53. The lowest BCUT2D eigenvalue weighted by Gasteiger charge is -2.17. The van der Waals surface area contributed by atoms with Crippen molar-refractivity contribution in [2.24, 2.45) is 0 Å². The Labute approximate surface area is 164 Å². The summed E-state index contributed by atoms with van der Waals surface area (Å²) in [5.74, 6) is -1.01. The van der Waals surface area contributed by atoms with Crippen LogP contribution in [0.4, 0.5) is 0 Å². The third kappa shape index (κ3) is 4.82. The van der Waals surface area contributed by atoms with Crippen molar-refractivity contribution in [2.75, 3.05) is 13.7 Å². The number of methoxy groups -OCH3 is 1. The quantitative estimate of drug-likeness (QED) is 0.727. The highest BCUT2D eigenvalue weighted by molar-refractivity contribution is 5.95. The summed E-state index contributed by atoms with van der Waals surface area (Å²) in [5.41, 5.74) is 1.06. The number of nitrogens with one attached hydrogen (secondary N) is 1. The van der Waals surface area contributed by atoms with Crippen LogP contribution in [0.5, 0.6) is 11.5 Å². The molecule has 1 aliphatic rings. The number of ether oxygens (including phenoxy) is 2. The molecule has 28 heavy (non-hydrogen) atoms. The number of hydrogen-bond acceptors (Lipinski definition) is 4. The van der Waals surface area contributed by atoms with Gasteiger partial charge in [-0.1, -0.05) is 30.3 Å². The lowest BCUT2D eigenvalue weighted by Crippen LogP contribution is -2.31. The number of amides is 1. The smallest absolute Gasteiger partial charge is 0.312 e. The van der Waals surface area contributed by atoms with E-state index < -0.39 is 11.9 Å². The van der Waals surface area contributed by atoms with Crippen LogP contribution in [0.2, 0.25) is 0 Å². The third-order valence-corrected chi connectivity index (χ3v) is 4.99. The Hall–Kier alpha value is -3.02. The first-order chi connectivity index (χ1) is 13.6. The molecule has 0 saturated heterocycles. The van der Waals surface area contributed by atoms with Crippen LogP contribution < -0.4 is 14.8 Å². The van der Waals surface area contributed by atoms with E-state index in [1.54, 1.807) is 49.6 Å². The van der Waals surface area contributed by atoms with Crippen LogP contribution in [-0.2, 0) is 4.79 Å². The van der Waals surface area contributed by atoms with Crippen LogP contribution in [0, 0.1) is 0 Å². The molecule has 2 N–H and O–H groups in total. The van der Waals surface area contributed by atoms with Crippen molar-refractivity contribution < 1.29 is 24.2 Å². The van der Waals surface area contributed by atoms with E-state index in [-0.39, 0.29) is 18.6 Å². The monoisotopic (exact) mass is 383 g/mol. The topological polar surface area (TPSA) is 84.9 Å². The maximum Gasteiger partial charge on any atom is 0.312 e. The minimum Gasteiger partial charge on any atom is -0.493 e. The first-order valence-electron chi connectivity index (χ1n) is 9.49. The number of carboxylic acid groups (broad SMARTS) is 1. The molecule has 1 saturated carbocycles. The lowest BCUT2D eigenvalue weighted by molar-refractivity contribution is -0.138. The Morgan fingerprint density at radius 1 is 1.11 bits per heavy atom. The second-order valence-electron chi connectivity index (χ2n) is 6.90. The Morgan fingerprint density at radius 3 is 2.46 bits per heavy atom. The van der Waals surface area contributed by atoms with Gasteiger partial charge in [0.05, 0.1) is 19.1 Å². The molecule has 6 heteroatoms. The maximum absolute atomic E-state index is 12.6. The number of carbonyl (C=O) groups is 2. The molecule has 2 aromatic carbocycles. The number of rotatable bonds is 8. The predicted molar refractivity (Wildman–Crippen MR) is 105 cm³/mol. The van der Waals surface area contributed by atoms with Gasteiger partial charge in [0.15, 0.2) is 11.5 Å². The normalized spacial score (nSPS) is 15.0. The molecule has 0 bridgehead atoms. The SMILES string of the molecule is COc1ccc(C(=O)NCC(C(=O)O)c2ccccc2)cc1OC1CCCC1. The van der Waals surface area contributed by atoms with Gasteiger partial charge in [-0.2, -0.15) is 0 Å². The second-order valence-corrected chi connectivity index (χ2v) is 6.90. The van der Waals surface area contributed by atoms with Crippen LogP contribution in [0.25, 0.3) is 0 Å². The van der Waals surface area contributed by atoms with E-state index in [4.69, 9.17) is 9.47 Å². The zero-order chi connectivity index (χ0) is 19.9. The zero-order valence-electron chi connectivity index (χ0n) is 15.9. The van der Waals surface area contributed by atoms with Crippen LogP contribution >= 0.6 is 0 Å². The molecule has 1 atom stereocenters. The van der Waals surface area contributed by atoms with Gasteiger partial charge in [0, 0.05) is 12.1 Å². The number of aliphatic carboxylic acids is 1. The van der Waals surface area contributed by atoms with E-state index in [1.165, 1.54) is 0 Å². The number of carboxylic acids is 1. The van der Waals surface area contributed by atoms with E-state index in [0.717, 1.165) is 25.7 Å². The maximum atomic E-state index is 12.6. The van der Waals surface area contributed by atoms with Crippen molar-refractivity contribution >= 4 is 11.9 Å². The van der Waals surface area contributed by atoms with E-state index >= 15 is 0 Å². The molecule has 1 aliphatic carbocycles. The molecule has 2 aromatic rings. The molecule has 148 valence electrons. The van der Waals surface area contributed by atoms with Crippen molar-refractivity contribution in [2.45, 2.75) is 37.7 Å². The molecule has 1 unspecified atom stereocenters. The molecule has 0 radical (unpaired) electrons. The molecule has 0 aliphatic heterocycles. The first-order valence-corrected chi connectivity index (χ1v) is 9.49. The van der Waals surface area contributed by atoms with Crippen LogP contribution in [0.3, 0.4) is 0 Å². The van der Waals surface area contributed by atoms with Crippen molar-refractivity contribution in [3.05, 3.63) is 59.7 Å². The van der Waals surface area contributed by atoms with E-state index in [9.17, 15) is 14.7 Å². The molecule has 1 amide bonds. The Bertz CT molecular complexity index is 815. The van der Waals surface area contributed by atoms with Gasteiger partial charge in [-0.05, 0) is 49.4 Å². The summed E-state index contributed by atoms with van der Waals surface area (Å²) < 4.78 is 11.4. The summed E-state index contributed by atoms with van der Waals surface area (Å²) in [6.07, 6.45) is 4.42. The minimum absolute atomic E-state index is 0.00300. The van der Waals surface area contributed by atoms with Crippen LogP contribution in [-0.4, -0.2) is 36.7 Å². The number of carbonyl (C=O) groups excluding carboxylic acids is 1. The fourth-order valence-corrected chi connectivity index (χ4v) is 3.43. The van der Waals surface area contributed by atoms with Gasteiger partial charge in [0.2, 0.25) is 0 Å². The van der Waals surface area contributed by atoms with Gasteiger partial charge in [0.1, 0.15) is 0 Å². The highest BCUT2D eigenvalue weighted by Crippen LogP contribution is 2.32. The van der Waals surface area contributed by atoms with Crippen molar-refractivity contribution in [1.29, 1.82) is 0 Å². The summed E-state index contributed by atoms with van der Waals surface area (Å²) in [4.78, 5) is 24.2. The molecular weight excluding hydrogens is 358 g/mol. The first kappa shape index (κ1) is 19.7. The van der Waals surface area contributed by atoms with Gasteiger partial charge in [0.25, 0.3) is 5.91 Å². The van der Waals surface area contributed by atoms with Gasteiger partial charge in [-0.15, -0.1) is 0 Å². The summed E-state index contributed by atoms with van der Waals surface area (Å²) in [6.45, 7) is 0.00300. The molecule has 0 heterocycles. The zero-order valence-corrected chi connectivity index (χ0v) is 15.9. The standard InChI is InChI=1S/C22H25NO5/c1-27-19-12-11-16(13-20(19)28-17-9-5-6-10-17)21(24)23-14-18(22(25)26)15-7-3-2-4-8-15/h2-4,7-8,11-13,17-18H,5-6,9-10,14H2,1H3,(H,23,24)(H,25,26). The van der Waals surface area contributed by atoms with Crippen molar-refractivity contribution in [3.63, 3.8) is 0 Å². The molecule has 0 spiro atoms. The second kappa shape index (κ2) is 9.26. The fraction of sp³-hybridized carbons (Fsp3) is 0.364. The predicted octanol–water partition coefficient (Wildman–Crippen LogP) is 3.61. The minimum atomic E-state index is -0.980. The Balaban J connectivity index is 1.70. The number of hydrogen-bond donors (Lipinski definition) is 2. The van der Waals surface area contributed by atoms with E-state index in [1.807, 2.05) is 6.07 Å². The lowest BCUT2D eigenvalue weighted by atomic mass is 9.99. The highest BCUT2D eigenvalue weighted by atomic mass is 16.5. The van der Waals surface area contributed by atoms with E-state index in [2.05, 4.69) is 5.32 Å². The molecule has 3 rings (SSSR count). The third-order valence-electron chi connectivity index (χ3n) is 4.99. The average Bonchev–Trinajstić information content (AvgIpc) is 3.21. The Morgan fingerprint density at radius 2 is 1.82 bits per heavy atom. The molecule has 1 fully saturated rings. The largest absolute Gasteiger partial charge is 0.493 e. The van der Waals surface area contributed by atoms with Crippen molar-refractivity contribution in [3.8, 4) is 11.5 Å². The highest BCUT2D eigenvalue weighted by Gasteiger charge is 2.22. The molecule has 6 nitrogen and oxygen atoms in total. The van der Waals surface area contributed by atoms with Gasteiger partial charge >= 0.3 is 5.97 Å². The summed E-state index contributed by atoms with van der Waals surface area (Å²) in [7, 11) is 1.56. The van der Waals surface area contributed by atoms with Gasteiger partial charge < -0.3 is 19.9 Å². The van der Waals surface area contributed by atoms with Crippen molar-refractivity contribution in [1.82, 2.24) is 5.32 Å². The summed E-state index contributed by atoms with van der Waals surface area (Å²) in [5, 5.41) is 12.2. The summed E-state index contributed by atoms with van der Waals surface area (Å²) >= 11 is 0. The van der Waals surface area contributed by atoms with Gasteiger partial charge in [-0.25, -0.2) is 0 Å². The fourth-order valence-electron chi connectivity index (χ4n) is 3.43. The summed E-state index contributed by atoms with van der Waals surface area (Å²) in [6, 6.07) is 13.9.